The van der Waals surface area contributed by atoms with Crippen LogP contribution in [0.5, 0.6) is 0 Å². The minimum Gasteiger partial charge on any atom is -0.358 e. The molecular weight excluding hydrogens is 192 g/mol. The van der Waals surface area contributed by atoms with Gasteiger partial charge in [-0.25, -0.2) is 0 Å². The van der Waals surface area contributed by atoms with Crippen molar-refractivity contribution in [3.63, 3.8) is 0 Å². The molecule has 0 aliphatic carbocycles. The highest BCUT2D eigenvalue weighted by Gasteiger charge is 2.03. The summed E-state index contributed by atoms with van der Waals surface area (Å²) in [5, 5.41) is 1.31. The van der Waals surface area contributed by atoms with Crippen LogP contribution in [0.3, 0.4) is 0 Å². The van der Waals surface area contributed by atoms with E-state index in [9.17, 15) is 0 Å². The van der Waals surface area contributed by atoms with Gasteiger partial charge in [-0.1, -0.05) is 6.07 Å². The molecule has 0 amide bonds. The second-order valence-corrected chi connectivity index (χ2v) is 4.10. The number of fused-ring (bicyclic) bond motifs is 1. The van der Waals surface area contributed by atoms with Gasteiger partial charge in [-0.15, -0.1) is 11.8 Å². The number of aromatic nitrogens is 1. The summed E-state index contributed by atoms with van der Waals surface area (Å²) in [6.07, 6.45) is 3.02. The zero-order valence-corrected chi connectivity index (χ0v) is 9.03. The molecule has 0 saturated heterocycles. The van der Waals surface area contributed by atoms with Crippen molar-refractivity contribution in [3.8, 4) is 0 Å². The van der Waals surface area contributed by atoms with Crippen molar-refractivity contribution >= 4 is 22.7 Å². The Morgan fingerprint density at radius 1 is 1.43 bits per heavy atom. The third-order valence-corrected chi connectivity index (χ3v) is 3.11. The fourth-order valence-corrected chi connectivity index (χ4v) is 2.26. The molecule has 2 rings (SSSR count). The van der Waals surface area contributed by atoms with E-state index in [1.165, 1.54) is 21.5 Å². The first-order valence-corrected chi connectivity index (χ1v) is 5.92. The number of aromatic amines is 1. The lowest BCUT2D eigenvalue weighted by molar-refractivity contribution is 0.940. The molecular formula is C11H14N2S. The average molecular weight is 206 g/mol. The summed E-state index contributed by atoms with van der Waals surface area (Å²) in [5.41, 5.74) is 7.96. The third-order valence-electron chi connectivity index (χ3n) is 2.31. The van der Waals surface area contributed by atoms with Crippen molar-refractivity contribution in [2.45, 2.75) is 11.3 Å². The van der Waals surface area contributed by atoms with Crippen LogP contribution >= 0.6 is 11.8 Å². The minimum absolute atomic E-state index is 0.696. The maximum atomic E-state index is 5.53. The number of nitrogens with two attached hydrogens (primary N) is 1. The molecule has 0 fully saturated rings. The van der Waals surface area contributed by atoms with Crippen LogP contribution in [0.25, 0.3) is 10.9 Å². The molecule has 2 aromatic rings. The van der Waals surface area contributed by atoms with Gasteiger partial charge in [-0.3, -0.25) is 0 Å². The van der Waals surface area contributed by atoms with E-state index in [2.05, 4.69) is 35.5 Å². The average Bonchev–Trinajstić information content (AvgIpc) is 2.60. The Hall–Kier alpha value is -0.930. The smallest absolute Gasteiger partial charge is 0.0467 e. The maximum absolute atomic E-state index is 5.53. The Balaban J connectivity index is 2.52. The SMILES string of the molecule is CSc1cccc2[nH]c(CCN)cc12. The first-order valence-electron chi connectivity index (χ1n) is 4.70. The van der Waals surface area contributed by atoms with Crippen molar-refractivity contribution in [3.05, 3.63) is 30.0 Å². The Morgan fingerprint density at radius 2 is 2.29 bits per heavy atom. The number of rotatable bonds is 3. The highest BCUT2D eigenvalue weighted by molar-refractivity contribution is 7.98. The summed E-state index contributed by atoms with van der Waals surface area (Å²) in [4.78, 5) is 4.70. The zero-order chi connectivity index (χ0) is 9.97. The molecule has 14 heavy (non-hydrogen) atoms. The van der Waals surface area contributed by atoms with Crippen molar-refractivity contribution in [1.82, 2.24) is 4.98 Å². The van der Waals surface area contributed by atoms with Crippen LogP contribution in [0, 0.1) is 0 Å². The van der Waals surface area contributed by atoms with Crippen molar-refractivity contribution in [2.75, 3.05) is 12.8 Å². The second kappa shape index (κ2) is 4.07. The lowest BCUT2D eigenvalue weighted by Gasteiger charge is -1.96. The van der Waals surface area contributed by atoms with Crippen LogP contribution in [0.1, 0.15) is 5.69 Å². The number of nitrogens with one attached hydrogen (secondary N) is 1. The summed E-state index contributed by atoms with van der Waals surface area (Å²) in [5.74, 6) is 0. The number of benzene rings is 1. The monoisotopic (exact) mass is 206 g/mol. The molecule has 74 valence electrons. The molecule has 0 spiro atoms. The first-order chi connectivity index (χ1) is 6.85. The fraction of sp³-hybridized carbons (Fsp3) is 0.273. The van der Waals surface area contributed by atoms with Gasteiger partial charge in [0.05, 0.1) is 0 Å². The predicted octanol–water partition coefficient (Wildman–Crippen LogP) is 2.39. The van der Waals surface area contributed by atoms with E-state index in [0.717, 1.165) is 6.42 Å². The van der Waals surface area contributed by atoms with E-state index in [1.807, 2.05) is 0 Å². The topological polar surface area (TPSA) is 41.8 Å². The highest BCUT2D eigenvalue weighted by Crippen LogP contribution is 2.26. The Kier molecular flexibility index (Phi) is 2.79. The van der Waals surface area contributed by atoms with Gasteiger partial charge in [0.15, 0.2) is 0 Å². The standard InChI is InChI=1S/C11H14N2S/c1-14-11-4-2-3-10-9(11)7-8(13-10)5-6-12/h2-4,7,13H,5-6,12H2,1H3. The summed E-state index contributed by atoms with van der Waals surface area (Å²) in [7, 11) is 0. The molecule has 3 N–H and O–H groups in total. The molecule has 0 aliphatic rings. The molecule has 2 nitrogen and oxygen atoms in total. The normalized spacial score (nSPS) is 11.0. The molecule has 0 atom stereocenters. The molecule has 0 aliphatic heterocycles. The Labute approximate surface area is 87.9 Å². The van der Waals surface area contributed by atoms with Crippen LogP contribution in [0.2, 0.25) is 0 Å². The lowest BCUT2D eigenvalue weighted by Crippen LogP contribution is -2.02. The Bertz CT molecular complexity index is 434. The maximum Gasteiger partial charge on any atom is 0.0467 e. The third kappa shape index (κ3) is 1.65. The van der Waals surface area contributed by atoms with E-state index < -0.39 is 0 Å². The summed E-state index contributed by atoms with van der Waals surface area (Å²) >= 11 is 1.78. The first kappa shape index (κ1) is 9.62. The van der Waals surface area contributed by atoms with Crippen molar-refractivity contribution in [2.24, 2.45) is 5.73 Å². The number of thioether (sulfide) groups is 1. The van der Waals surface area contributed by atoms with E-state index in [1.54, 1.807) is 11.8 Å². The van der Waals surface area contributed by atoms with Crippen molar-refractivity contribution in [1.29, 1.82) is 0 Å². The molecule has 3 heteroatoms. The van der Waals surface area contributed by atoms with Crippen LogP contribution in [-0.4, -0.2) is 17.8 Å². The molecule has 0 saturated carbocycles. The van der Waals surface area contributed by atoms with Gasteiger partial charge < -0.3 is 10.7 Å². The lowest BCUT2D eigenvalue weighted by atomic mass is 10.2. The molecule has 1 aromatic heterocycles. The molecule has 0 radical (unpaired) electrons. The summed E-state index contributed by atoms with van der Waals surface area (Å²) in [6, 6.07) is 8.53. The number of hydrogen-bond donors (Lipinski definition) is 2. The van der Waals surface area contributed by atoms with Crippen LogP contribution in [0.4, 0.5) is 0 Å². The van der Waals surface area contributed by atoms with Crippen LogP contribution in [0.15, 0.2) is 29.2 Å². The van der Waals surface area contributed by atoms with Gasteiger partial charge in [0.2, 0.25) is 0 Å². The predicted molar refractivity (Wildman–Crippen MR) is 62.8 cm³/mol. The quantitative estimate of drug-likeness (QED) is 0.757. The van der Waals surface area contributed by atoms with Crippen LogP contribution < -0.4 is 5.73 Å². The van der Waals surface area contributed by atoms with Gasteiger partial charge in [0, 0.05) is 21.5 Å². The van der Waals surface area contributed by atoms with E-state index in [-0.39, 0.29) is 0 Å². The molecule has 1 aromatic carbocycles. The summed E-state index contributed by atoms with van der Waals surface area (Å²) in [6.45, 7) is 0.696. The highest BCUT2D eigenvalue weighted by atomic mass is 32.2. The molecule has 1 heterocycles. The summed E-state index contributed by atoms with van der Waals surface area (Å²) < 4.78 is 0. The minimum atomic E-state index is 0.696. The van der Waals surface area contributed by atoms with Gasteiger partial charge >= 0.3 is 0 Å². The van der Waals surface area contributed by atoms with E-state index in [0.29, 0.717) is 6.54 Å². The van der Waals surface area contributed by atoms with Gasteiger partial charge in [0.25, 0.3) is 0 Å². The largest absolute Gasteiger partial charge is 0.358 e. The van der Waals surface area contributed by atoms with E-state index >= 15 is 0 Å². The second-order valence-electron chi connectivity index (χ2n) is 3.25. The zero-order valence-electron chi connectivity index (χ0n) is 8.21. The molecule has 0 bridgehead atoms. The van der Waals surface area contributed by atoms with Crippen LogP contribution in [-0.2, 0) is 6.42 Å². The molecule has 0 unspecified atom stereocenters. The van der Waals surface area contributed by atoms with Gasteiger partial charge in [-0.05, 0) is 37.4 Å². The van der Waals surface area contributed by atoms with Gasteiger partial charge in [-0.2, -0.15) is 0 Å². The van der Waals surface area contributed by atoms with Crippen molar-refractivity contribution < 1.29 is 0 Å². The number of H-pyrrole nitrogens is 1. The van der Waals surface area contributed by atoms with Gasteiger partial charge in [0.1, 0.15) is 0 Å². The number of hydrogen-bond acceptors (Lipinski definition) is 2. The van der Waals surface area contributed by atoms with E-state index in [4.69, 9.17) is 5.73 Å². The Morgan fingerprint density at radius 3 is 3.00 bits per heavy atom. The fourth-order valence-electron chi connectivity index (χ4n) is 1.65.